The van der Waals surface area contributed by atoms with Gasteiger partial charge in [-0.3, -0.25) is 0 Å². The van der Waals surface area contributed by atoms with E-state index in [1.54, 1.807) is 12.1 Å². The van der Waals surface area contributed by atoms with Crippen LogP contribution in [-0.2, 0) is 9.84 Å². The summed E-state index contributed by atoms with van der Waals surface area (Å²) in [6, 6.07) is 7.37. The lowest BCUT2D eigenvalue weighted by Crippen LogP contribution is -2.20. The average Bonchev–Trinajstić information content (AvgIpc) is 2.40. The average molecular weight is 279 g/mol. The summed E-state index contributed by atoms with van der Waals surface area (Å²) in [6.45, 7) is 0. The molecule has 0 radical (unpaired) electrons. The van der Waals surface area contributed by atoms with Gasteiger partial charge in [0.2, 0.25) is 0 Å². The van der Waals surface area contributed by atoms with Crippen LogP contribution in [0.2, 0.25) is 0 Å². The van der Waals surface area contributed by atoms with Gasteiger partial charge in [-0.2, -0.15) is 0 Å². The summed E-state index contributed by atoms with van der Waals surface area (Å²) in [6.07, 6.45) is 8.23. The van der Waals surface area contributed by atoms with E-state index in [-0.39, 0.29) is 6.04 Å². The molecule has 0 saturated heterocycles. The number of hydrogen-bond donors (Lipinski definition) is 1. The molecule has 1 aliphatic rings. The molecule has 19 heavy (non-hydrogen) atoms. The summed E-state index contributed by atoms with van der Waals surface area (Å²) in [5, 5.41) is 3.30. The van der Waals surface area contributed by atoms with Gasteiger partial charge in [-0.15, -0.1) is 0 Å². The fourth-order valence-electron chi connectivity index (χ4n) is 2.62. The summed E-state index contributed by atoms with van der Waals surface area (Å²) in [4.78, 5) is 0.390. The molecule has 1 aliphatic carbocycles. The third-order valence-electron chi connectivity index (χ3n) is 3.61. The second-order valence-electron chi connectivity index (χ2n) is 5.09. The molecule has 0 aliphatic heterocycles. The topological polar surface area (TPSA) is 46.2 Å². The molecule has 1 N–H and O–H groups in total. The standard InChI is InChI=1S/C15H21NO2S/c1-16-15(12-7-4-3-5-8-12)13-9-6-10-14(11-13)19(2,17)18/h6-7,9-11,15-16H,3-5,8H2,1-2H3. The molecule has 0 aromatic heterocycles. The Morgan fingerprint density at radius 3 is 2.63 bits per heavy atom. The quantitative estimate of drug-likeness (QED) is 0.862. The van der Waals surface area contributed by atoms with Crippen molar-refractivity contribution in [3.05, 3.63) is 41.5 Å². The minimum Gasteiger partial charge on any atom is -0.310 e. The van der Waals surface area contributed by atoms with Crippen LogP contribution in [-0.4, -0.2) is 21.7 Å². The molecule has 104 valence electrons. The molecule has 1 unspecified atom stereocenters. The number of benzene rings is 1. The van der Waals surface area contributed by atoms with Gasteiger partial charge in [-0.25, -0.2) is 8.42 Å². The summed E-state index contributed by atoms with van der Waals surface area (Å²) in [7, 11) is -1.22. The van der Waals surface area contributed by atoms with Gasteiger partial charge in [0.25, 0.3) is 0 Å². The maximum absolute atomic E-state index is 11.6. The predicted molar refractivity (Wildman–Crippen MR) is 77.9 cm³/mol. The van der Waals surface area contributed by atoms with E-state index in [1.165, 1.54) is 24.7 Å². The molecule has 3 nitrogen and oxygen atoms in total. The van der Waals surface area contributed by atoms with Crippen LogP contribution in [0.4, 0.5) is 0 Å². The molecule has 1 aromatic carbocycles. The van der Waals surface area contributed by atoms with Gasteiger partial charge >= 0.3 is 0 Å². The third kappa shape index (κ3) is 3.45. The van der Waals surface area contributed by atoms with Crippen molar-refractivity contribution in [3.8, 4) is 0 Å². The predicted octanol–water partition coefficient (Wildman–Crippen LogP) is 2.85. The SMILES string of the molecule is CNC(C1=CCCCC1)c1cccc(S(C)(=O)=O)c1. The van der Waals surface area contributed by atoms with Gasteiger partial charge in [0.15, 0.2) is 9.84 Å². The molecule has 0 heterocycles. The third-order valence-corrected chi connectivity index (χ3v) is 4.72. The van der Waals surface area contributed by atoms with E-state index in [1.807, 2.05) is 19.2 Å². The Bertz CT molecular complexity index is 576. The smallest absolute Gasteiger partial charge is 0.175 e. The summed E-state index contributed by atoms with van der Waals surface area (Å²) < 4.78 is 23.3. The van der Waals surface area contributed by atoms with Gasteiger partial charge in [0.1, 0.15) is 0 Å². The van der Waals surface area contributed by atoms with Crippen molar-refractivity contribution < 1.29 is 8.42 Å². The largest absolute Gasteiger partial charge is 0.310 e. The zero-order valence-electron chi connectivity index (χ0n) is 11.5. The maximum Gasteiger partial charge on any atom is 0.175 e. The molecule has 1 aromatic rings. The Hall–Kier alpha value is -1.13. The van der Waals surface area contributed by atoms with Crippen molar-refractivity contribution >= 4 is 9.84 Å². The van der Waals surface area contributed by atoms with Crippen molar-refractivity contribution in [1.82, 2.24) is 5.32 Å². The molecule has 1 atom stereocenters. The zero-order valence-corrected chi connectivity index (χ0v) is 12.3. The Labute approximate surface area is 115 Å². The van der Waals surface area contributed by atoms with Crippen LogP contribution in [0.1, 0.15) is 37.3 Å². The van der Waals surface area contributed by atoms with Crippen molar-refractivity contribution in [2.75, 3.05) is 13.3 Å². The molecular formula is C15H21NO2S. The first-order valence-electron chi connectivity index (χ1n) is 6.68. The zero-order chi connectivity index (χ0) is 13.9. The minimum absolute atomic E-state index is 0.127. The first-order valence-corrected chi connectivity index (χ1v) is 8.57. The summed E-state index contributed by atoms with van der Waals surface area (Å²) in [5.41, 5.74) is 2.40. The number of likely N-dealkylation sites (N-methyl/N-ethyl adjacent to an activating group) is 1. The molecule has 4 heteroatoms. The summed E-state index contributed by atoms with van der Waals surface area (Å²) in [5.74, 6) is 0. The Balaban J connectivity index is 2.36. The lowest BCUT2D eigenvalue weighted by atomic mass is 9.90. The van der Waals surface area contributed by atoms with Crippen LogP contribution in [0.3, 0.4) is 0 Å². The lowest BCUT2D eigenvalue weighted by Gasteiger charge is -2.23. The molecule has 0 bridgehead atoms. The van der Waals surface area contributed by atoms with E-state index in [2.05, 4.69) is 11.4 Å². The summed E-state index contributed by atoms with van der Waals surface area (Å²) >= 11 is 0. The highest BCUT2D eigenvalue weighted by Gasteiger charge is 2.18. The number of rotatable bonds is 4. The van der Waals surface area contributed by atoms with Crippen molar-refractivity contribution in [1.29, 1.82) is 0 Å². The van der Waals surface area contributed by atoms with E-state index < -0.39 is 9.84 Å². The minimum atomic E-state index is -3.15. The first-order chi connectivity index (χ1) is 9.02. The highest BCUT2D eigenvalue weighted by Crippen LogP contribution is 2.30. The van der Waals surface area contributed by atoms with E-state index in [0.29, 0.717) is 4.90 Å². The van der Waals surface area contributed by atoms with Crippen molar-refractivity contribution in [2.24, 2.45) is 0 Å². The number of hydrogen-bond acceptors (Lipinski definition) is 3. The highest BCUT2D eigenvalue weighted by atomic mass is 32.2. The van der Waals surface area contributed by atoms with Gasteiger partial charge in [-0.05, 0) is 50.4 Å². The molecule has 2 rings (SSSR count). The monoisotopic (exact) mass is 279 g/mol. The van der Waals surface area contributed by atoms with Crippen LogP contribution in [0.25, 0.3) is 0 Å². The van der Waals surface area contributed by atoms with Gasteiger partial charge in [0, 0.05) is 6.26 Å². The van der Waals surface area contributed by atoms with Gasteiger partial charge in [0.05, 0.1) is 10.9 Å². The lowest BCUT2D eigenvalue weighted by molar-refractivity contribution is 0.589. The Morgan fingerprint density at radius 2 is 2.05 bits per heavy atom. The first kappa shape index (κ1) is 14.3. The highest BCUT2D eigenvalue weighted by molar-refractivity contribution is 7.90. The molecule has 0 spiro atoms. The molecule has 0 amide bonds. The van der Waals surface area contributed by atoms with E-state index in [9.17, 15) is 8.42 Å². The fourth-order valence-corrected chi connectivity index (χ4v) is 3.29. The number of nitrogens with one attached hydrogen (secondary N) is 1. The fraction of sp³-hybridized carbons (Fsp3) is 0.467. The van der Waals surface area contributed by atoms with Crippen LogP contribution in [0.15, 0.2) is 40.8 Å². The van der Waals surface area contributed by atoms with Crippen molar-refractivity contribution in [3.63, 3.8) is 0 Å². The molecule has 0 fully saturated rings. The van der Waals surface area contributed by atoms with Crippen LogP contribution >= 0.6 is 0 Å². The van der Waals surface area contributed by atoms with Crippen LogP contribution < -0.4 is 5.32 Å². The number of sulfone groups is 1. The Kier molecular flexibility index (Phi) is 4.42. The normalized spacial score (nSPS) is 17.9. The Morgan fingerprint density at radius 1 is 1.26 bits per heavy atom. The van der Waals surface area contributed by atoms with E-state index in [0.717, 1.165) is 18.4 Å². The molecule has 0 saturated carbocycles. The van der Waals surface area contributed by atoms with E-state index >= 15 is 0 Å². The van der Waals surface area contributed by atoms with Crippen molar-refractivity contribution in [2.45, 2.75) is 36.6 Å². The second kappa shape index (κ2) is 5.88. The number of allylic oxidation sites excluding steroid dienone is 1. The van der Waals surface area contributed by atoms with Crippen LogP contribution in [0, 0.1) is 0 Å². The second-order valence-corrected chi connectivity index (χ2v) is 7.11. The van der Waals surface area contributed by atoms with Gasteiger partial charge in [-0.1, -0.05) is 23.8 Å². The molecular weight excluding hydrogens is 258 g/mol. The maximum atomic E-state index is 11.6. The van der Waals surface area contributed by atoms with Crippen LogP contribution in [0.5, 0.6) is 0 Å². The van der Waals surface area contributed by atoms with Gasteiger partial charge < -0.3 is 5.32 Å². The van der Waals surface area contributed by atoms with E-state index in [4.69, 9.17) is 0 Å².